The molecule has 9 heavy (non-hydrogen) atoms. The van der Waals surface area contributed by atoms with Gasteiger partial charge in [-0.25, -0.2) is 4.57 Å². The van der Waals surface area contributed by atoms with Crippen molar-refractivity contribution in [3.8, 4) is 0 Å². The summed E-state index contributed by atoms with van der Waals surface area (Å²) in [4.78, 5) is 16.0. The maximum Gasteiger partial charge on any atom is 0.524 e. The summed E-state index contributed by atoms with van der Waals surface area (Å²) in [5.41, 5.74) is 0. The van der Waals surface area contributed by atoms with Gasteiger partial charge >= 0.3 is 7.82 Å². The predicted octanol–water partition coefficient (Wildman–Crippen LogP) is 0.627. The fourth-order valence-corrected chi connectivity index (χ4v) is 0.609. The van der Waals surface area contributed by atoms with E-state index in [1.807, 2.05) is 0 Å². The summed E-state index contributed by atoms with van der Waals surface area (Å²) in [6.45, 7) is 4.49. The summed E-state index contributed by atoms with van der Waals surface area (Å²) in [7, 11) is -4.32. The molecule has 0 spiro atoms. The first-order chi connectivity index (χ1) is 3.42. The van der Waals surface area contributed by atoms with Crippen molar-refractivity contribution in [2.24, 2.45) is 0 Å². The van der Waals surface area contributed by atoms with Crippen LogP contribution in [-0.2, 0) is 26.2 Å². The van der Waals surface area contributed by atoms with Gasteiger partial charge in [-0.05, 0) is 6.92 Å². The molecule has 2 N–H and O–H groups in total. The van der Waals surface area contributed by atoms with Gasteiger partial charge in [-0.1, -0.05) is 6.58 Å². The molecule has 0 aliphatic carbocycles. The second-order valence-corrected chi connectivity index (χ2v) is 2.45. The molecule has 0 saturated carbocycles. The van der Waals surface area contributed by atoms with E-state index in [1.54, 1.807) is 0 Å². The molecule has 0 atom stereocenters. The molecule has 0 fully saturated rings. The van der Waals surface area contributed by atoms with Crippen molar-refractivity contribution in [3.63, 3.8) is 0 Å². The summed E-state index contributed by atoms with van der Waals surface area (Å²) < 4.78 is 13.8. The minimum atomic E-state index is -4.32. The van der Waals surface area contributed by atoms with Crippen LogP contribution in [-0.4, -0.2) is 9.79 Å². The summed E-state index contributed by atoms with van der Waals surface area (Å²) >= 11 is 0. The third-order valence-corrected chi connectivity index (χ3v) is 0.824. The van der Waals surface area contributed by atoms with E-state index in [-0.39, 0.29) is 22.8 Å². The Morgan fingerprint density at radius 2 is 2.00 bits per heavy atom. The van der Waals surface area contributed by atoms with Gasteiger partial charge in [0.05, 0.1) is 5.76 Å². The zero-order valence-electron chi connectivity index (χ0n) is 4.74. The molecule has 0 aromatic rings. The molecule has 0 aromatic carbocycles. The normalized spacial score (nSPS) is 9.67. The van der Waals surface area contributed by atoms with Crippen molar-refractivity contribution in [1.29, 1.82) is 0 Å². The Hall–Kier alpha value is 0.209. The van der Waals surface area contributed by atoms with Crippen molar-refractivity contribution in [1.82, 2.24) is 0 Å². The van der Waals surface area contributed by atoms with Crippen LogP contribution in [0.4, 0.5) is 0 Å². The molecule has 0 saturated heterocycles. The predicted molar refractivity (Wildman–Crippen MR) is 27.9 cm³/mol. The zero-order chi connectivity index (χ0) is 6.78. The summed E-state index contributed by atoms with van der Waals surface area (Å²) in [5.74, 6) is 0.0123. The molecule has 4 nitrogen and oxygen atoms in total. The molecular formula is C3H7MnO4P. The minimum Gasteiger partial charge on any atom is -0.410 e. The van der Waals surface area contributed by atoms with E-state index < -0.39 is 7.82 Å². The number of rotatable bonds is 2. The van der Waals surface area contributed by atoms with Crippen molar-refractivity contribution in [3.05, 3.63) is 12.3 Å². The van der Waals surface area contributed by atoms with Gasteiger partial charge in [0.25, 0.3) is 0 Å². The fourth-order valence-electron chi connectivity index (χ4n) is 0.203. The third-order valence-electron chi connectivity index (χ3n) is 0.275. The molecule has 0 aromatic heterocycles. The molecule has 55 valence electrons. The quantitative estimate of drug-likeness (QED) is 0.383. The van der Waals surface area contributed by atoms with Crippen molar-refractivity contribution in [2.75, 3.05) is 0 Å². The maximum atomic E-state index is 9.85. The summed E-state index contributed by atoms with van der Waals surface area (Å²) in [5, 5.41) is 0. The van der Waals surface area contributed by atoms with Gasteiger partial charge in [0.15, 0.2) is 0 Å². The van der Waals surface area contributed by atoms with E-state index in [0.29, 0.717) is 0 Å². The second kappa shape index (κ2) is 4.09. The standard InChI is InChI=1S/C3H7O4P.Mn/c1-3(2)7-8(4,5)6;/h1H2,2H3,(H2,4,5,6);. The SMILES string of the molecule is C=C(C)OP(=O)(O)O.[Mn]. The van der Waals surface area contributed by atoms with E-state index in [9.17, 15) is 4.57 Å². The smallest absolute Gasteiger partial charge is 0.410 e. The van der Waals surface area contributed by atoms with Crippen molar-refractivity contribution in [2.45, 2.75) is 6.92 Å². The van der Waals surface area contributed by atoms with Crippen molar-refractivity contribution >= 4 is 7.82 Å². The largest absolute Gasteiger partial charge is 0.524 e. The van der Waals surface area contributed by atoms with Crippen LogP contribution in [0.15, 0.2) is 12.3 Å². The average molecular weight is 193 g/mol. The first-order valence-corrected chi connectivity index (χ1v) is 3.35. The van der Waals surface area contributed by atoms with Gasteiger partial charge in [-0.3, -0.25) is 9.79 Å². The Labute approximate surface area is 63.6 Å². The van der Waals surface area contributed by atoms with Gasteiger partial charge in [0.2, 0.25) is 0 Å². The summed E-state index contributed by atoms with van der Waals surface area (Å²) in [6.07, 6.45) is 0. The molecule has 0 aliphatic rings. The first-order valence-electron chi connectivity index (χ1n) is 1.82. The van der Waals surface area contributed by atoms with Crippen LogP contribution in [0, 0.1) is 0 Å². The van der Waals surface area contributed by atoms with Crippen LogP contribution < -0.4 is 0 Å². The minimum absolute atomic E-state index is 0. The Morgan fingerprint density at radius 1 is 1.67 bits per heavy atom. The first kappa shape index (κ1) is 11.9. The Bertz CT molecular complexity index is 139. The monoisotopic (exact) mass is 193 g/mol. The molecular weight excluding hydrogens is 186 g/mol. The fraction of sp³-hybridized carbons (Fsp3) is 0.333. The Morgan fingerprint density at radius 3 is 2.00 bits per heavy atom. The number of hydrogen-bond acceptors (Lipinski definition) is 2. The number of allylic oxidation sites excluding steroid dienone is 1. The van der Waals surface area contributed by atoms with E-state index in [2.05, 4.69) is 11.1 Å². The van der Waals surface area contributed by atoms with Gasteiger partial charge in [-0.2, -0.15) is 0 Å². The molecule has 0 bridgehead atoms. The molecule has 0 heterocycles. The number of hydrogen-bond donors (Lipinski definition) is 2. The topological polar surface area (TPSA) is 66.8 Å². The molecule has 0 rings (SSSR count). The van der Waals surface area contributed by atoms with E-state index in [4.69, 9.17) is 9.79 Å². The molecule has 0 amide bonds. The molecule has 1 radical (unpaired) electrons. The van der Waals surface area contributed by atoms with Crippen LogP contribution >= 0.6 is 7.82 Å². The van der Waals surface area contributed by atoms with Gasteiger partial charge in [0, 0.05) is 17.1 Å². The number of phosphoric ester groups is 1. The second-order valence-electron chi connectivity index (χ2n) is 1.28. The van der Waals surface area contributed by atoms with Crippen LogP contribution in [0.1, 0.15) is 6.92 Å². The average Bonchev–Trinajstić information content (AvgIpc) is 1.21. The van der Waals surface area contributed by atoms with Gasteiger partial charge in [-0.15, -0.1) is 0 Å². The Kier molecular flexibility index (Phi) is 5.43. The van der Waals surface area contributed by atoms with E-state index >= 15 is 0 Å². The van der Waals surface area contributed by atoms with Gasteiger partial charge < -0.3 is 4.52 Å². The van der Waals surface area contributed by atoms with Crippen molar-refractivity contribution < 1.29 is 35.9 Å². The van der Waals surface area contributed by atoms with E-state index in [1.165, 1.54) is 6.92 Å². The number of phosphoric acid groups is 1. The zero-order valence-corrected chi connectivity index (χ0v) is 6.82. The molecule has 0 unspecified atom stereocenters. The van der Waals surface area contributed by atoms with E-state index in [0.717, 1.165) is 0 Å². The maximum absolute atomic E-state index is 9.85. The molecule has 0 aliphatic heterocycles. The van der Waals surface area contributed by atoms with Crippen LogP contribution in [0.2, 0.25) is 0 Å². The molecule has 6 heteroatoms. The Balaban J connectivity index is 0. The summed E-state index contributed by atoms with van der Waals surface area (Å²) in [6, 6.07) is 0. The van der Waals surface area contributed by atoms with Crippen LogP contribution in [0.3, 0.4) is 0 Å². The van der Waals surface area contributed by atoms with Gasteiger partial charge in [0.1, 0.15) is 0 Å². The van der Waals surface area contributed by atoms with Crippen LogP contribution in [0.5, 0.6) is 0 Å². The van der Waals surface area contributed by atoms with Crippen LogP contribution in [0.25, 0.3) is 0 Å². The third kappa shape index (κ3) is 11.7.